The average molecular weight is 233 g/mol. The Morgan fingerprint density at radius 2 is 2.18 bits per heavy atom. The molecular weight excluding hydrogens is 225 g/mol. The van der Waals surface area contributed by atoms with Gasteiger partial charge in [-0.25, -0.2) is 9.37 Å². The van der Waals surface area contributed by atoms with E-state index in [2.05, 4.69) is 20.5 Å². The molecule has 2 aromatic rings. The quantitative estimate of drug-likeness (QED) is 0.750. The highest BCUT2D eigenvalue weighted by atomic mass is 19.1. The zero-order valence-electron chi connectivity index (χ0n) is 8.59. The first-order chi connectivity index (χ1) is 8.16. The predicted octanol–water partition coefficient (Wildman–Crippen LogP) is 0.845. The van der Waals surface area contributed by atoms with Crippen molar-refractivity contribution < 1.29 is 9.18 Å². The zero-order valence-corrected chi connectivity index (χ0v) is 8.59. The van der Waals surface area contributed by atoms with E-state index in [0.717, 1.165) is 6.07 Å². The normalized spacial score (nSPS) is 9.94. The van der Waals surface area contributed by atoms with Crippen molar-refractivity contribution in [3.05, 3.63) is 42.0 Å². The Balaban J connectivity index is 2.21. The molecule has 7 heteroatoms. The molecule has 0 saturated carbocycles. The van der Waals surface area contributed by atoms with Crippen molar-refractivity contribution in [3.8, 4) is 0 Å². The number of benzene rings is 1. The second-order valence-corrected chi connectivity index (χ2v) is 3.16. The van der Waals surface area contributed by atoms with Gasteiger partial charge in [0.15, 0.2) is 0 Å². The van der Waals surface area contributed by atoms with E-state index in [9.17, 15) is 9.18 Å². The summed E-state index contributed by atoms with van der Waals surface area (Å²) in [5.41, 5.74) is 5.49. The topological polar surface area (TPSA) is 93.8 Å². The van der Waals surface area contributed by atoms with Crippen LogP contribution in [0.1, 0.15) is 10.4 Å². The van der Waals surface area contributed by atoms with Gasteiger partial charge in [-0.1, -0.05) is 0 Å². The SMILES string of the molecule is Nc1ccc(C(=O)Nc2nccnn2)c(F)c1. The maximum Gasteiger partial charge on any atom is 0.261 e. The van der Waals surface area contributed by atoms with Crippen molar-refractivity contribution in [2.45, 2.75) is 0 Å². The fourth-order valence-corrected chi connectivity index (χ4v) is 1.19. The number of aromatic nitrogens is 3. The molecule has 2 rings (SSSR count). The lowest BCUT2D eigenvalue weighted by molar-refractivity contribution is 0.102. The van der Waals surface area contributed by atoms with Gasteiger partial charge in [-0.3, -0.25) is 10.1 Å². The largest absolute Gasteiger partial charge is 0.399 e. The molecule has 0 unspecified atom stereocenters. The summed E-state index contributed by atoms with van der Waals surface area (Å²) in [7, 11) is 0. The summed E-state index contributed by atoms with van der Waals surface area (Å²) in [5.74, 6) is -1.35. The molecule has 86 valence electrons. The summed E-state index contributed by atoms with van der Waals surface area (Å²) in [6, 6.07) is 3.79. The van der Waals surface area contributed by atoms with Gasteiger partial charge in [0.1, 0.15) is 5.82 Å². The van der Waals surface area contributed by atoms with Crippen LogP contribution in [0, 0.1) is 5.82 Å². The number of anilines is 2. The van der Waals surface area contributed by atoms with Gasteiger partial charge in [0.25, 0.3) is 5.91 Å². The molecule has 3 N–H and O–H groups in total. The third-order valence-electron chi connectivity index (χ3n) is 1.95. The first-order valence-electron chi connectivity index (χ1n) is 4.67. The van der Waals surface area contributed by atoms with Crippen LogP contribution in [0.2, 0.25) is 0 Å². The van der Waals surface area contributed by atoms with Crippen LogP contribution in [-0.2, 0) is 0 Å². The first-order valence-corrected chi connectivity index (χ1v) is 4.67. The smallest absolute Gasteiger partial charge is 0.261 e. The van der Waals surface area contributed by atoms with Crippen LogP contribution < -0.4 is 11.1 Å². The molecule has 6 nitrogen and oxygen atoms in total. The van der Waals surface area contributed by atoms with E-state index in [1.54, 1.807) is 0 Å². The molecule has 1 aromatic carbocycles. The Labute approximate surface area is 95.7 Å². The van der Waals surface area contributed by atoms with Crippen molar-refractivity contribution in [2.75, 3.05) is 11.1 Å². The molecule has 0 spiro atoms. The standard InChI is InChI=1S/C10H8FN5O/c11-8-5-6(12)1-2-7(8)9(17)15-10-13-3-4-14-16-10/h1-5H,12H2,(H,13,15,16,17). The van der Waals surface area contributed by atoms with E-state index in [1.165, 1.54) is 24.5 Å². The third kappa shape index (κ3) is 2.51. The van der Waals surface area contributed by atoms with Crippen LogP contribution in [0.25, 0.3) is 0 Å². The van der Waals surface area contributed by atoms with Gasteiger partial charge in [-0.2, -0.15) is 5.10 Å². The molecule has 0 saturated heterocycles. The second-order valence-electron chi connectivity index (χ2n) is 3.16. The van der Waals surface area contributed by atoms with Gasteiger partial charge in [0.2, 0.25) is 5.95 Å². The fourth-order valence-electron chi connectivity index (χ4n) is 1.19. The predicted molar refractivity (Wildman–Crippen MR) is 58.6 cm³/mol. The number of amides is 1. The highest BCUT2D eigenvalue weighted by Crippen LogP contribution is 2.12. The van der Waals surface area contributed by atoms with E-state index in [0.29, 0.717) is 0 Å². The van der Waals surface area contributed by atoms with Crippen molar-refractivity contribution in [1.29, 1.82) is 0 Å². The summed E-state index contributed by atoms with van der Waals surface area (Å²) in [6.07, 6.45) is 2.72. The molecule has 0 aliphatic rings. The summed E-state index contributed by atoms with van der Waals surface area (Å²) >= 11 is 0. The third-order valence-corrected chi connectivity index (χ3v) is 1.95. The van der Waals surface area contributed by atoms with Crippen molar-refractivity contribution in [3.63, 3.8) is 0 Å². The Morgan fingerprint density at radius 1 is 1.35 bits per heavy atom. The van der Waals surface area contributed by atoms with Crippen LogP contribution in [-0.4, -0.2) is 21.1 Å². The van der Waals surface area contributed by atoms with Crippen LogP contribution in [0.5, 0.6) is 0 Å². The number of rotatable bonds is 2. The fraction of sp³-hybridized carbons (Fsp3) is 0. The van der Waals surface area contributed by atoms with E-state index in [-0.39, 0.29) is 17.2 Å². The lowest BCUT2D eigenvalue weighted by Gasteiger charge is -2.04. The number of hydrogen-bond donors (Lipinski definition) is 2. The zero-order chi connectivity index (χ0) is 12.3. The highest BCUT2D eigenvalue weighted by molar-refractivity contribution is 6.03. The Bertz CT molecular complexity index is 546. The number of nitrogen functional groups attached to an aromatic ring is 1. The Kier molecular flexibility index (Phi) is 2.91. The van der Waals surface area contributed by atoms with E-state index in [4.69, 9.17) is 5.73 Å². The number of hydrogen-bond acceptors (Lipinski definition) is 5. The maximum atomic E-state index is 13.4. The van der Waals surface area contributed by atoms with Crippen molar-refractivity contribution in [2.24, 2.45) is 0 Å². The number of halogens is 1. The molecule has 1 amide bonds. The monoisotopic (exact) mass is 233 g/mol. The first kappa shape index (κ1) is 10.9. The highest BCUT2D eigenvalue weighted by Gasteiger charge is 2.12. The van der Waals surface area contributed by atoms with Gasteiger partial charge in [0.05, 0.1) is 18.0 Å². The van der Waals surface area contributed by atoms with E-state index >= 15 is 0 Å². The van der Waals surface area contributed by atoms with Gasteiger partial charge in [0, 0.05) is 5.69 Å². The number of nitrogens with two attached hydrogens (primary N) is 1. The molecule has 0 atom stereocenters. The Hall–Kier alpha value is -2.57. The summed E-state index contributed by atoms with van der Waals surface area (Å²) in [6.45, 7) is 0. The number of carbonyl (C=O) groups excluding carboxylic acids is 1. The maximum absolute atomic E-state index is 13.4. The second kappa shape index (κ2) is 4.52. The lowest BCUT2D eigenvalue weighted by Crippen LogP contribution is -2.16. The molecule has 0 aliphatic carbocycles. The number of carbonyl (C=O) groups is 1. The van der Waals surface area contributed by atoms with Crippen LogP contribution >= 0.6 is 0 Å². The minimum Gasteiger partial charge on any atom is -0.399 e. The van der Waals surface area contributed by atoms with Gasteiger partial charge in [-0.15, -0.1) is 5.10 Å². The van der Waals surface area contributed by atoms with Gasteiger partial charge < -0.3 is 5.73 Å². The van der Waals surface area contributed by atoms with Crippen LogP contribution in [0.4, 0.5) is 16.0 Å². The summed E-state index contributed by atoms with van der Waals surface area (Å²) < 4.78 is 13.4. The van der Waals surface area contributed by atoms with Gasteiger partial charge in [-0.05, 0) is 18.2 Å². The molecule has 0 fully saturated rings. The minimum absolute atomic E-state index is 0.00808. The molecule has 0 radical (unpaired) electrons. The number of nitrogens with zero attached hydrogens (tertiary/aromatic N) is 3. The summed E-state index contributed by atoms with van der Waals surface area (Å²) in [4.78, 5) is 15.4. The average Bonchev–Trinajstić information content (AvgIpc) is 2.30. The molecule has 1 aromatic heterocycles. The minimum atomic E-state index is -0.702. The van der Waals surface area contributed by atoms with Crippen LogP contribution in [0.3, 0.4) is 0 Å². The Morgan fingerprint density at radius 3 is 2.82 bits per heavy atom. The van der Waals surface area contributed by atoms with E-state index in [1.807, 2.05) is 0 Å². The summed E-state index contributed by atoms with van der Waals surface area (Å²) in [5, 5.41) is 9.39. The van der Waals surface area contributed by atoms with Crippen LogP contribution in [0.15, 0.2) is 30.6 Å². The van der Waals surface area contributed by atoms with E-state index < -0.39 is 11.7 Å². The molecule has 17 heavy (non-hydrogen) atoms. The molecule has 0 bridgehead atoms. The lowest BCUT2D eigenvalue weighted by atomic mass is 10.2. The van der Waals surface area contributed by atoms with Crippen molar-refractivity contribution in [1.82, 2.24) is 15.2 Å². The molecular formula is C10H8FN5O. The molecule has 1 heterocycles. The van der Waals surface area contributed by atoms with Crippen molar-refractivity contribution >= 4 is 17.5 Å². The number of nitrogens with one attached hydrogen (secondary N) is 1. The van der Waals surface area contributed by atoms with Gasteiger partial charge >= 0.3 is 0 Å². The molecule has 0 aliphatic heterocycles.